The Morgan fingerprint density at radius 3 is 2.65 bits per heavy atom. The van der Waals surface area contributed by atoms with Gasteiger partial charge in [-0.1, -0.05) is 12.1 Å². The Hall–Kier alpha value is -2.24. The second-order valence-corrected chi connectivity index (χ2v) is 5.31. The van der Waals surface area contributed by atoms with Crippen molar-refractivity contribution in [3.05, 3.63) is 24.3 Å². The van der Waals surface area contributed by atoms with Crippen molar-refractivity contribution in [2.45, 2.75) is 31.9 Å². The number of carboxylic acids is 1. The standard InChI is InChI=1S/C14H17NO5/c1-14(2,7-12(16)17)15-13(18)11-8-19-9-5-3-4-6-10(9)20-11/h3-6,11H,7-8H2,1-2H3,(H,15,18)(H,16,17). The number of hydrogen-bond acceptors (Lipinski definition) is 4. The quantitative estimate of drug-likeness (QED) is 0.865. The van der Waals surface area contributed by atoms with Crippen LogP contribution in [0.25, 0.3) is 0 Å². The summed E-state index contributed by atoms with van der Waals surface area (Å²) < 4.78 is 11.0. The summed E-state index contributed by atoms with van der Waals surface area (Å²) in [6.07, 6.45) is -0.943. The van der Waals surface area contributed by atoms with Crippen LogP contribution in [-0.4, -0.2) is 35.2 Å². The van der Waals surface area contributed by atoms with Crippen molar-refractivity contribution in [2.75, 3.05) is 6.61 Å². The van der Waals surface area contributed by atoms with Crippen molar-refractivity contribution in [1.82, 2.24) is 5.32 Å². The Labute approximate surface area is 116 Å². The molecule has 1 amide bonds. The average molecular weight is 279 g/mol. The number of hydrogen-bond donors (Lipinski definition) is 2. The lowest BCUT2D eigenvalue weighted by Gasteiger charge is -2.30. The van der Waals surface area contributed by atoms with Gasteiger partial charge >= 0.3 is 5.97 Å². The van der Waals surface area contributed by atoms with Crippen LogP contribution in [0.15, 0.2) is 24.3 Å². The number of rotatable bonds is 4. The summed E-state index contributed by atoms with van der Waals surface area (Å²) in [5.74, 6) is -0.247. The van der Waals surface area contributed by atoms with Crippen molar-refractivity contribution in [3.8, 4) is 11.5 Å². The lowest BCUT2D eigenvalue weighted by atomic mass is 10.0. The fourth-order valence-electron chi connectivity index (χ4n) is 1.98. The molecule has 0 bridgehead atoms. The molecule has 1 heterocycles. The number of ether oxygens (including phenoxy) is 2. The first-order valence-corrected chi connectivity index (χ1v) is 6.30. The highest BCUT2D eigenvalue weighted by molar-refractivity contribution is 5.83. The summed E-state index contributed by atoms with van der Waals surface area (Å²) in [6.45, 7) is 3.40. The van der Waals surface area contributed by atoms with Crippen molar-refractivity contribution < 1.29 is 24.2 Å². The molecule has 20 heavy (non-hydrogen) atoms. The summed E-state index contributed by atoms with van der Waals surface area (Å²) in [5, 5.41) is 11.5. The molecule has 0 radical (unpaired) electrons. The third-order valence-electron chi connectivity index (χ3n) is 2.86. The van der Waals surface area contributed by atoms with E-state index in [1.54, 1.807) is 32.0 Å². The summed E-state index contributed by atoms with van der Waals surface area (Å²) in [4.78, 5) is 22.8. The largest absolute Gasteiger partial charge is 0.485 e. The Bertz CT molecular complexity index is 526. The van der Waals surface area contributed by atoms with Gasteiger partial charge in [0, 0.05) is 5.54 Å². The maximum atomic E-state index is 12.1. The van der Waals surface area contributed by atoms with Gasteiger partial charge < -0.3 is 19.9 Å². The van der Waals surface area contributed by atoms with E-state index < -0.39 is 17.6 Å². The number of nitrogens with one attached hydrogen (secondary N) is 1. The Kier molecular flexibility index (Phi) is 3.83. The molecule has 1 atom stereocenters. The third-order valence-corrected chi connectivity index (χ3v) is 2.86. The molecule has 0 fully saturated rings. The van der Waals surface area contributed by atoms with Gasteiger partial charge in [0.2, 0.25) is 6.10 Å². The third kappa shape index (κ3) is 3.40. The molecule has 1 aromatic rings. The van der Waals surface area contributed by atoms with E-state index in [1.807, 2.05) is 6.07 Å². The van der Waals surface area contributed by atoms with E-state index in [-0.39, 0.29) is 18.9 Å². The van der Waals surface area contributed by atoms with E-state index in [9.17, 15) is 9.59 Å². The zero-order valence-corrected chi connectivity index (χ0v) is 11.4. The molecule has 2 N–H and O–H groups in total. The van der Waals surface area contributed by atoms with Crippen molar-refractivity contribution >= 4 is 11.9 Å². The number of carboxylic acid groups (broad SMARTS) is 1. The molecule has 0 aromatic heterocycles. The average Bonchev–Trinajstić information content (AvgIpc) is 2.36. The van der Waals surface area contributed by atoms with Gasteiger partial charge in [0.05, 0.1) is 6.42 Å². The first kappa shape index (κ1) is 14.2. The fourth-order valence-corrected chi connectivity index (χ4v) is 1.98. The minimum absolute atomic E-state index is 0.103. The number of fused-ring (bicyclic) bond motifs is 1. The predicted octanol–water partition coefficient (Wildman–Crippen LogP) is 1.20. The minimum atomic E-state index is -0.971. The van der Waals surface area contributed by atoms with Crippen LogP contribution < -0.4 is 14.8 Å². The SMILES string of the molecule is CC(C)(CC(=O)O)NC(=O)C1COc2ccccc2O1. The van der Waals surface area contributed by atoms with Gasteiger partial charge in [-0.3, -0.25) is 9.59 Å². The monoisotopic (exact) mass is 279 g/mol. The van der Waals surface area contributed by atoms with Crippen LogP contribution in [0.2, 0.25) is 0 Å². The van der Waals surface area contributed by atoms with E-state index in [4.69, 9.17) is 14.6 Å². The number of para-hydroxylation sites is 2. The van der Waals surface area contributed by atoms with E-state index in [0.29, 0.717) is 11.5 Å². The molecule has 1 unspecified atom stereocenters. The summed E-state index contributed by atoms with van der Waals surface area (Å²) in [7, 11) is 0. The molecule has 6 heteroatoms. The van der Waals surface area contributed by atoms with Gasteiger partial charge in [-0.05, 0) is 26.0 Å². The molecule has 0 spiro atoms. The lowest BCUT2D eigenvalue weighted by Crippen LogP contribution is -2.52. The second kappa shape index (κ2) is 5.40. The number of carbonyl (C=O) groups is 2. The van der Waals surface area contributed by atoms with Crippen molar-refractivity contribution in [3.63, 3.8) is 0 Å². The number of amides is 1. The van der Waals surface area contributed by atoms with Gasteiger partial charge in [0.1, 0.15) is 6.61 Å². The molecule has 1 aliphatic rings. The first-order valence-electron chi connectivity index (χ1n) is 6.30. The van der Waals surface area contributed by atoms with Crippen LogP contribution in [0.1, 0.15) is 20.3 Å². The first-order chi connectivity index (χ1) is 9.37. The highest BCUT2D eigenvalue weighted by atomic mass is 16.6. The topological polar surface area (TPSA) is 84.9 Å². The Balaban J connectivity index is 2.00. The maximum Gasteiger partial charge on any atom is 0.305 e. The number of carbonyl (C=O) groups excluding carboxylic acids is 1. The van der Waals surface area contributed by atoms with Crippen LogP contribution in [-0.2, 0) is 9.59 Å². The summed E-state index contributed by atoms with van der Waals surface area (Å²) in [5.41, 5.74) is -0.844. The van der Waals surface area contributed by atoms with Gasteiger partial charge in [0.25, 0.3) is 5.91 Å². The van der Waals surface area contributed by atoms with E-state index >= 15 is 0 Å². The van der Waals surface area contributed by atoms with Crippen LogP contribution in [0.4, 0.5) is 0 Å². The molecule has 1 aliphatic heterocycles. The van der Waals surface area contributed by atoms with Crippen LogP contribution in [0, 0.1) is 0 Å². The van der Waals surface area contributed by atoms with Crippen LogP contribution in [0.5, 0.6) is 11.5 Å². The molecule has 2 rings (SSSR count). The normalized spacial score (nSPS) is 17.4. The smallest absolute Gasteiger partial charge is 0.305 e. The predicted molar refractivity (Wildman–Crippen MR) is 70.8 cm³/mol. The van der Waals surface area contributed by atoms with Crippen molar-refractivity contribution in [2.24, 2.45) is 0 Å². The minimum Gasteiger partial charge on any atom is -0.485 e. The molecule has 0 saturated carbocycles. The van der Waals surface area contributed by atoms with Crippen molar-refractivity contribution in [1.29, 1.82) is 0 Å². The zero-order valence-electron chi connectivity index (χ0n) is 11.4. The van der Waals surface area contributed by atoms with E-state index in [0.717, 1.165) is 0 Å². The van der Waals surface area contributed by atoms with Gasteiger partial charge in [-0.2, -0.15) is 0 Å². The molecule has 108 valence electrons. The summed E-state index contributed by atoms with van der Waals surface area (Å²) in [6, 6.07) is 7.09. The Morgan fingerprint density at radius 1 is 1.35 bits per heavy atom. The Morgan fingerprint density at radius 2 is 2.00 bits per heavy atom. The van der Waals surface area contributed by atoms with E-state index in [2.05, 4.69) is 5.32 Å². The zero-order chi connectivity index (χ0) is 14.8. The molecular formula is C14H17NO5. The van der Waals surface area contributed by atoms with E-state index in [1.165, 1.54) is 0 Å². The highest BCUT2D eigenvalue weighted by Crippen LogP contribution is 2.31. The van der Waals surface area contributed by atoms with Crippen LogP contribution >= 0.6 is 0 Å². The molecule has 6 nitrogen and oxygen atoms in total. The molecule has 0 saturated heterocycles. The van der Waals surface area contributed by atoms with Gasteiger partial charge in [-0.25, -0.2) is 0 Å². The number of aliphatic carboxylic acids is 1. The maximum absolute atomic E-state index is 12.1. The molecule has 0 aliphatic carbocycles. The van der Waals surface area contributed by atoms with Crippen LogP contribution in [0.3, 0.4) is 0 Å². The highest BCUT2D eigenvalue weighted by Gasteiger charge is 2.32. The molecule has 1 aromatic carbocycles. The second-order valence-electron chi connectivity index (χ2n) is 5.31. The lowest BCUT2D eigenvalue weighted by molar-refractivity contribution is -0.139. The summed E-state index contributed by atoms with van der Waals surface area (Å²) >= 11 is 0. The van der Waals surface area contributed by atoms with Gasteiger partial charge in [0.15, 0.2) is 11.5 Å². The number of benzene rings is 1. The fraction of sp³-hybridized carbons (Fsp3) is 0.429. The molecular weight excluding hydrogens is 262 g/mol. The van der Waals surface area contributed by atoms with Gasteiger partial charge in [-0.15, -0.1) is 0 Å².